The van der Waals surface area contributed by atoms with Crippen LogP contribution in [0, 0.1) is 3.70 Å². The van der Waals surface area contributed by atoms with Crippen LogP contribution in [0.3, 0.4) is 0 Å². The van der Waals surface area contributed by atoms with E-state index in [0.29, 0.717) is 14.9 Å². The molecule has 108 valence electrons. The Labute approximate surface area is 126 Å². The van der Waals surface area contributed by atoms with E-state index < -0.39 is 31.1 Å². The highest BCUT2D eigenvalue weighted by atomic mass is 127. The first-order valence-corrected chi connectivity index (χ1v) is 6.88. The highest BCUT2D eigenvalue weighted by Gasteiger charge is 2.44. The molecule has 2 aromatic rings. The Bertz CT molecular complexity index is 650. The molecule has 20 heavy (non-hydrogen) atoms. The lowest BCUT2D eigenvalue weighted by Gasteiger charge is -2.16. The average Bonchev–Trinajstić information content (AvgIpc) is 2.93. The summed E-state index contributed by atoms with van der Waals surface area (Å²) in [6, 6.07) is 0. The fraction of sp³-hybridized carbons (Fsp3) is 0.500. The number of hydrogen-bond donors (Lipinski definition) is 4. The lowest BCUT2D eigenvalue weighted by atomic mass is 10.1. The van der Waals surface area contributed by atoms with Gasteiger partial charge in [-0.15, -0.1) is 0 Å². The fourth-order valence-electron chi connectivity index (χ4n) is 2.19. The van der Waals surface area contributed by atoms with Crippen LogP contribution < -0.4 is 5.73 Å². The van der Waals surface area contributed by atoms with Gasteiger partial charge in [0, 0.05) is 0 Å². The van der Waals surface area contributed by atoms with Crippen molar-refractivity contribution in [2.24, 2.45) is 0 Å². The minimum atomic E-state index is -1.20. The zero-order valence-electron chi connectivity index (χ0n) is 10.1. The minimum Gasteiger partial charge on any atom is -0.394 e. The Morgan fingerprint density at radius 1 is 1.35 bits per heavy atom. The third-order valence-electron chi connectivity index (χ3n) is 3.19. The largest absolute Gasteiger partial charge is 0.394 e. The van der Waals surface area contributed by atoms with Gasteiger partial charge in [-0.3, -0.25) is 4.57 Å². The predicted octanol–water partition coefficient (Wildman–Crippen LogP) is -1.38. The number of aliphatic hydroxyl groups is 3. The molecule has 0 aliphatic carbocycles. The lowest BCUT2D eigenvalue weighted by molar-refractivity contribution is -0.0511. The Kier molecular flexibility index (Phi) is 3.50. The van der Waals surface area contributed by atoms with E-state index in [-0.39, 0.29) is 5.95 Å². The van der Waals surface area contributed by atoms with Gasteiger partial charge in [0.15, 0.2) is 11.9 Å². The first kappa shape index (κ1) is 13.9. The number of imidazole rings is 1. The summed E-state index contributed by atoms with van der Waals surface area (Å²) in [5.74, 6) is 0.0791. The molecule has 1 fully saturated rings. The predicted molar refractivity (Wildman–Crippen MR) is 75.5 cm³/mol. The quantitative estimate of drug-likeness (QED) is 0.362. The second-order valence-electron chi connectivity index (χ2n) is 4.43. The van der Waals surface area contributed by atoms with Crippen molar-refractivity contribution in [3.63, 3.8) is 0 Å². The third-order valence-corrected chi connectivity index (χ3v) is 3.94. The SMILES string of the molecule is Nc1nc(I)c2ncn([C@H]3O[C@@H](CO)[C@@H](O)[C@H]3O)c2n1. The van der Waals surface area contributed by atoms with Crippen molar-refractivity contribution in [3.05, 3.63) is 10.0 Å². The summed E-state index contributed by atoms with van der Waals surface area (Å²) >= 11 is 1.98. The number of halogens is 1. The number of rotatable bonds is 2. The number of hydrogen-bond acceptors (Lipinski definition) is 8. The second-order valence-corrected chi connectivity index (χ2v) is 5.45. The zero-order chi connectivity index (χ0) is 14.4. The van der Waals surface area contributed by atoms with Crippen molar-refractivity contribution in [3.8, 4) is 0 Å². The second kappa shape index (κ2) is 5.04. The molecule has 4 atom stereocenters. The number of ether oxygens (including phenoxy) is 1. The van der Waals surface area contributed by atoms with Gasteiger partial charge < -0.3 is 25.8 Å². The smallest absolute Gasteiger partial charge is 0.223 e. The molecular formula is C10H12IN5O4. The normalized spacial score (nSPS) is 30.2. The van der Waals surface area contributed by atoms with Gasteiger partial charge >= 0.3 is 0 Å². The van der Waals surface area contributed by atoms with Crippen LogP contribution >= 0.6 is 22.6 Å². The van der Waals surface area contributed by atoms with Crippen molar-refractivity contribution < 1.29 is 20.1 Å². The maximum atomic E-state index is 10.0. The van der Waals surface area contributed by atoms with Crippen molar-refractivity contribution in [2.45, 2.75) is 24.5 Å². The molecule has 10 heteroatoms. The highest BCUT2D eigenvalue weighted by molar-refractivity contribution is 14.1. The fourth-order valence-corrected chi connectivity index (χ4v) is 2.82. The molecule has 1 aliphatic rings. The van der Waals surface area contributed by atoms with Crippen LogP contribution in [0.25, 0.3) is 11.2 Å². The van der Waals surface area contributed by atoms with E-state index in [9.17, 15) is 10.2 Å². The first-order chi connectivity index (χ1) is 9.52. The van der Waals surface area contributed by atoms with Crippen LogP contribution in [-0.4, -0.2) is 59.8 Å². The lowest BCUT2D eigenvalue weighted by Crippen LogP contribution is -2.33. The van der Waals surface area contributed by atoms with Crippen molar-refractivity contribution >= 4 is 39.7 Å². The zero-order valence-corrected chi connectivity index (χ0v) is 12.2. The molecule has 5 N–H and O–H groups in total. The molecule has 3 rings (SSSR count). The van der Waals surface area contributed by atoms with Gasteiger partial charge in [0.1, 0.15) is 27.5 Å². The van der Waals surface area contributed by atoms with Gasteiger partial charge in [-0.25, -0.2) is 9.97 Å². The van der Waals surface area contributed by atoms with Crippen molar-refractivity contribution in [1.29, 1.82) is 0 Å². The van der Waals surface area contributed by atoms with Gasteiger partial charge in [0.2, 0.25) is 5.95 Å². The van der Waals surface area contributed by atoms with Gasteiger partial charge in [-0.2, -0.15) is 4.98 Å². The van der Waals surface area contributed by atoms with E-state index in [0.717, 1.165) is 0 Å². The Hall–Kier alpha value is -1.08. The number of aromatic nitrogens is 4. The van der Waals surface area contributed by atoms with E-state index in [1.54, 1.807) is 0 Å². The van der Waals surface area contributed by atoms with Crippen molar-refractivity contribution in [2.75, 3.05) is 12.3 Å². The number of nitrogen functional groups attached to an aromatic ring is 1. The van der Waals surface area contributed by atoms with Gasteiger partial charge in [-0.05, 0) is 22.6 Å². The number of aliphatic hydroxyl groups excluding tert-OH is 3. The summed E-state index contributed by atoms with van der Waals surface area (Å²) in [5, 5.41) is 28.9. The van der Waals surface area contributed by atoms with Crippen LogP contribution in [0.15, 0.2) is 6.33 Å². The molecule has 1 saturated heterocycles. The molecule has 0 bridgehead atoms. The Morgan fingerprint density at radius 3 is 2.75 bits per heavy atom. The maximum Gasteiger partial charge on any atom is 0.223 e. The average molecular weight is 393 g/mol. The molecular weight excluding hydrogens is 381 g/mol. The minimum absolute atomic E-state index is 0.0791. The number of fused-ring (bicyclic) bond motifs is 1. The van der Waals surface area contributed by atoms with Crippen LogP contribution in [0.5, 0.6) is 0 Å². The molecule has 0 saturated carbocycles. The topological polar surface area (TPSA) is 140 Å². The van der Waals surface area contributed by atoms with E-state index in [1.165, 1.54) is 10.9 Å². The molecule has 1 aliphatic heterocycles. The molecule has 9 nitrogen and oxygen atoms in total. The van der Waals surface area contributed by atoms with E-state index in [2.05, 4.69) is 15.0 Å². The third kappa shape index (κ3) is 2.03. The molecule has 2 aromatic heterocycles. The molecule has 0 unspecified atom stereocenters. The summed E-state index contributed by atoms with van der Waals surface area (Å²) < 4.78 is 7.49. The molecule has 3 heterocycles. The summed E-state index contributed by atoms with van der Waals surface area (Å²) in [5.41, 5.74) is 6.53. The molecule has 0 radical (unpaired) electrons. The van der Waals surface area contributed by atoms with Crippen molar-refractivity contribution in [1.82, 2.24) is 19.5 Å². The highest BCUT2D eigenvalue weighted by Crippen LogP contribution is 2.31. The number of nitrogens with zero attached hydrogens (tertiary/aromatic N) is 4. The van der Waals surface area contributed by atoms with E-state index >= 15 is 0 Å². The summed E-state index contributed by atoms with van der Waals surface area (Å²) in [7, 11) is 0. The van der Waals surface area contributed by atoms with Crippen LogP contribution in [0.4, 0.5) is 5.95 Å². The molecule has 0 aromatic carbocycles. The Balaban J connectivity index is 2.07. The molecule has 0 amide bonds. The van der Waals surface area contributed by atoms with Gasteiger partial charge in [-0.1, -0.05) is 0 Å². The summed E-state index contributed by atoms with van der Waals surface area (Å²) in [6.07, 6.45) is -2.69. The van der Waals surface area contributed by atoms with Gasteiger partial charge in [0.25, 0.3) is 0 Å². The molecule has 0 spiro atoms. The van der Waals surface area contributed by atoms with Crippen LogP contribution in [0.2, 0.25) is 0 Å². The number of anilines is 1. The van der Waals surface area contributed by atoms with Crippen LogP contribution in [-0.2, 0) is 4.74 Å². The first-order valence-electron chi connectivity index (χ1n) is 5.81. The summed E-state index contributed by atoms with van der Waals surface area (Å²) in [4.78, 5) is 12.2. The standard InChI is InChI=1S/C10H12IN5O4/c11-7-4-8(15-10(12)14-7)16(2-13-4)9-6(19)5(18)3(1-17)20-9/h2-3,5-6,9,17-19H,1H2,(H2,12,14,15)/t3-,5+,6+,9-/m0/s1. The van der Waals surface area contributed by atoms with E-state index in [4.69, 9.17) is 15.6 Å². The van der Waals surface area contributed by atoms with Crippen LogP contribution in [0.1, 0.15) is 6.23 Å². The monoisotopic (exact) mass is 393 g/mol. The Morgan fingerprint density at radius 2 is 2.10 bits per heavy atom. The maximum absolute atomic E-state index is 10.0. The van der Waals surface area contributed by atoms with Gasteiger partial charge in [0.05, 0.1) is 12.9 Å². The summed E-state index contributed by atoms with van der Waals surface area (Å²) in [6.45, 7) is -0.393. The van der Waals surface area contributed by atoms with E-state index in [1.807, 2.05) is 22.6 Å². The number of nitrogens with two attached hydrogens (primary N) is 1.